The van der Waals surface area contributed by atoms with Crippen LogP contribution in [0, 0.1) is 12.7 Å². The summed E-state index contributed by atoms with van der Waals surface area (Å²) >= 11 is 0. The summed E-state index contributed by atoms with van der Waals surface area (Å²) in [6.07, 6.45) is 0. The first-order valence-corrected chi connectivity index (χ1v) is 5.31. The number of amides is 1. The molecule has 0 spiro atoms. The van der Waals surface area contributed by atoms with Gasteiger partial charge in [0.15, 0.2) is 0 Å². The van der Waals surface area contributed by atoms with Crippen LogP contribution in [-0.2, 0) is 6.54 Å². The van der Waals surface area contributed by atoms with Gasteiger partial charge in [0.25, 0.3) is 5.91 Å². The van der Waals surface area contributed by atoms with E-state index in [-0.39, 0.29) is 18.1 Å². The third-order valence-electron chi connectivity index (χ3n) is 2.37. The normalized spacial score (nSPS) is 10.3. The predicted molar refractivity (Wildman–Crippen MR) is 63.2 cm³/mol. The van der Waals surface area contributed by atoms with Crippen molar-refractivity contribution >= 4 is 11.6 Å². The molecule has 3 N–H and O–H groups in total. The molecule has 2 aromatic rings. The van der Waals surface area contributed by atoms with Gasteiger partial charge in [-0.3, -0.25) is 4.79 Å². The summed E-state index contributed by atoms with van der Waals surface area (Å²) in [5.74, 6) is -0.216. The highest BCUT2D eigenvalue weighted by atomic mass is 19.1. The number of rotatable bonds is 3. The number of nitrogens with zero attached hydrogens (tertiary/aromatic N) is 1. The minimum Gasteiger partial charge on any atom is -0.396 e. The average molecular weight is 249 g/mol. The first kappa shape index (κ1) is 12.1. The molecule has 0 saturated carbocycles. The summed E-state index contributed by atoms with van der Waals surface area (Å²) in [5, 5.41) is 6.37. The second-order valence-electron chi connectivity index (χ2n) is 3.85. The molecule has 1 heterocycles. The second kappa shape index (κ2) is 4.87. The van der Waals surface area contributed by atoms with Crippen LogP contribution in [0.25, 0.3) is 0 Å². The Morgan fingerprint density at radius 3 is 2.89 bits per heavy atom. The molecule has 0 aliphatic rings. The van der Waals surface area contributed by atoms with Crippen LogP contribution in [0.4, 0.5) is 10.1 Å². The van der Waals surface area contributed by atoms with Crippen LogP contribution in [-0.4, -0.2) is 11.1 Å². The molecule has 0 bridgehead atoms. The highest BCUT2D eigenvalue weighted by molar-refractivity contribution is 5.94. The number of aryl methyl sites for hydroxylation is 1. The minimum absolute atomic E-state index is 0.0556. The fraction of sp³-hybridized carbons (Fsp3) is 0.167. The number of anilines is 1. The van der Waals surface area contributed by atoms with Gasteiger partial charge in [0, 0.05) is 11.6 Å². The highest BCUT2D eigenvalue weighted by Crippen LogP contribution is 2.12. The molecular formula is C12H12FN3O2. The quantitative estimate of drug-likeness (QED) is 0.810. The average Bonchev–Trinajstić information content (AvgIpc) is 2.75. The van der Waals surface area contributed by atoms with Crippen molar-refractivity contribution in [2.75, 3.05) is 5.73 Å². The van der Waals surface area contributed by atoms with Crippen molar-refractivity contribution in [2.45, 2.75) is 13.5 Å². The number of nitrogens with one attached hydrogen (secondary N) is 1. The largest absolute Gasteiger partial charge is 0.396 e. The van der Waals surface area contributed by atoms with Gasteiger partial charge in [0.2, 0.25) is 0 Å². The second-order valence-corrected chi connectivity index (χ2v) is 3.85. The third kappa shape index (κ3) is 2.65. The number of halogens is 1. The molecule has 94 valence electrons. The van der Waals surface area contributed by atoms with Gasteiger partial charge in [0.05, 0.1) is 12.2 Å². The summed E-state index contributed by atoms with van der Waals surface area (Å²) in [4.78, 5) is 11.7. The topological polar surface area (TPSA) is 81.2 Å². The van der Waals surface area contributed by atoms with E-state index in [9.17, 15) is 9.18 Å². The van der Waals surface area contributed by atoms with Crippen LogP contribution in [0.15, 0.2) is 28.8 Å². The Morgan fingerprint density at radius 1 is 1.50 bits per heavy atom. The third-order valence-corrected chi connectivity index (χ3v) is 2.37. The van der Waals surface area contributed by atoms with Crippen molar-refractivity contribution in [3.8, 4) is 0 Å². The smallest absolute Gasteiger partial charge is 0.251 e. The summed E-state index contributed by atoms with van der Waals surface area (Å²) in [6, 6.07) is 5.54. The summed E-state index contributed by atoms with van der Waals surface area (Å²) < 4.78 is 17.8. The molecule has 5 nitrogen and oxygen atoms in total. The first-order valence-electron chi connectivity index (χ1n) is 5.31. The van der Waals surface area contributed by atoms with Gasteiger partial charge in [-0.25, -0.2) is 4.39 Å². The molecule has 2 rings (SSSR count). The Labute approximate surface area is 103 Å². The van der Waals surface area contributed by atoms with Crippen LogP contribution in [0.2, 0.25) is 0 Å². The molecular weight excluding hydrogens is 237 g/mol. The summed E-state index contributed by atoms with van der Waals surface area (Å²) in [7, 11) is 0. The van der Waals surface area contributed by atoms with Gasteiger partial charge in [-0.15, -0.1) is 0 Å². The number of aromatic nitrogens is 1. The molecule has 0 aliphatic heterocycles. The maximum atomic E-state index is 12.9. The molecule has 1 aromatic heterocycles. The molecule has 0 saturated heterocycles. The van der Waals surface area contributed by atoms with Crippen LogP contribution in [0.3, 0.4) is 0 Å². The zero-order valence-corrected chi connectivity index (χ0v) is 9.74. The highest BCUT2D eigenvalue weighted by Gasteiger charge is 2.09. The summed E-state index contributed by atoms with van der Waals surface area (Å²) in [5.41, 5.74) is 6.25. The zero-order chi connectivity index (χ0) is 13.1. The lowest BCUT2D eigenvalue weighted by Crippen LogP contribution is -2.23. The number of nitrogen functional groups attached to an aromatic ring is 1. The van der Waals surface area contributed by atoms with Crippen LogP contribution in [0.1, 0.15) is 21.8 Å². The lowest BCUT2D eigenvalue weighted by atomic mass is 10.2. The van der Waals surface area contributed by atoms with Gasteiger partial charge < -0.3 is 15.6 Å². The fourth-order valence-electron chi connectivity index (χ4n) is 1.46. The van der Waals surface area contributed by atoms with E-state index in [1.165, 1.54) is 12.1 Å². The molecule has 0 fully saturated rings. The zero-order valence-electron chi connectivity index (χ0n) is 9.74. The van der Waals surface area contributed by atoms with Gasteiger partial charge >= 0.3 is 0 Å². The number of hydrogen-bond donors (Lipinski definition) is 2. The van der Waals surface area contributed by atoms with Crippen molar-refractivity contribution in [2.24, 2.45) is 0 Å². The van der Waals surface area contributed by atoms with E-state index >= 15 is 0 Å². The Hall–Kier alpha value is -2.37. The number of benzene rings is 1. The van der Waals surface area contributed by atoms with Crippen molar-refractivity contribution in [3.63, 3.8) is 0 Å². The maximum Gasteiger partial charge on any atom is 0.251 e. The lowest BCUT2D eigenvalue weighted by molar-refractivity contribution is 0.0950. The van der Waals surface area contributed by atoms with Gasteiger partial charge in [-0.05, 0) is 25.1 Å². The van der Waals surface area contributed by atoms with Crippen LogP contribution < -0.4 is 11.1 Å². The summed E-state index contributed by atoms with van der Waals surface area (Å²) in [6.45, 7) is 2.01. The number of nitrogens with two attached hydrogens (primary N) is 1. The van der Waals surface area contributed by atoms with Crippen molar-refractivity contribution in [1.82, 2.24) is 10.5 Å². The number of hydrogen-bond acceptors (Lipinski definition) is 4. The Morgan fingerprint density at radius 2 is 2.28 bits per heavy atom. The van der Waals surface area contributed by atoms with Crippen LogP contribution >= 0.6 is 0 Å². The maximum absolute atomic E-state index is 12.9. The van der Waals surface area contributed by atoms with E-state index in [0.717, 1.165) is 6.07 Å². The van der Waals surface area contributed by atoms with Crippen LogP contribution in [0.5, 0.6) is 0 Å². The molecule has 0 unspecified atom stereocenters. The van der Waals surface area contributed by atoms with E-state index in [1.54, 1.807) is 13.0 Å². The fourth-order valence-corrected chi connectivity index (χ4v) is 1.46. The standard InChI is InChI=1S/C12H12FN3O2/c1-7-4-9(16-18-7)6-15-12(17)8-2-3-10(13)11(14)5-8/h2-5H,6,14H2,1H3,(H,15,17). The molecule has 0 aliphatic carbocycles. The van der Waals surface area contributed by atoms with Crippen molar-refractivity contribution in [3.05, 3.63) is 47.1 Å². The SMILES string of the molecule is Cc1cc(CNC(=O)c2ccc(F)c(N)c2)no1. The van der Waals surface area contributed by atoms with Gasteiger partial charge in [-0.1, -0.05) is 5.16 Å². The Bertz CT molecular complexity index is 580. The molecule has 6 heteroatoms. The first-order chi connectivity index (χ1) is 8.56. The molecule has 1 amide bonds. The lowest BCUT2D eigenvalue weighted by Gasteiger charge is -2.04. The monoisotopic (exact) mass is 249 g/mol. The Kier molecular flexibility index (Phi) is 3.27. The van der Waals surface area contributed by atoms with E-state index < -0.39 is 5.82 Å². The van der Waals surface area contributed by atoms with E-state index in [1.807, 2.05) is 0 Å². The molecule has 0 atom stereocenters. The van der Waals surface area contributed by atoms with Crippen molar-refractivity contribution < 1.29 is 13.7 Å². The van der Waals surface area contributed by atoms with Gasteiger partial charge in [0.1, 0.15) is 17.3 Å². The molecule has 1 aromatic carbocycles. The molecule has 0 radical (unpaired) electrons. The predicted octanol–water partition coefficient (Wildman–Crippen LogP) is 1.63. The van der Waals surface area contributed by atoms with E-state index in [4.69, 9.17) is 10.3 Å². The van der Waals surface area contributed by atoms with Gasteiger partial charge in [-0.2, -0.15) is 0 Å². The van der Waals surface area contributed by atoms with E-state index in [0.29, 0.717) is 17.0 Å². The number of carbonyl (C=O) groups is 1. The minimum atomic E-state index is -0.543. The number of carbonyl (C=O) groups excluding carboxylic acids is 1. The molecule has 18 heavy (non-hydrogen) atoms. The van der Waals surface area contributed by atoms with E-state index in [2.05, 4.69) is 10.5 Å². The van der Waals surface area contributed by atoms with Crippen molar-refractivity contribution in [1.29, 1.82) is 0 Å². The Balaban J connectivity index is 2.01.